The summed E-state index contributed by atoms with van der Waals surface area (Å²) in [6.07, 6.45) is 0. The van der Waals surface area contributed by atoms with Crippen LogP contribution in [0.3, 0.4) is 0 Å². The van der Waals surface area contributed by atoms with E-state index in [1.165, 1.54) is 0 Å². The van der Waals surface area contributed by atoms with Crippen molar-refractivity contribution >= 4 is 54.5 Å². The quantitative estimate of drug-likeness (QED) is 0.192. The van der Waals surface area contributed by atoms with Crippen LogP contribution in [-0.4, -0.2) is 14.5 Å². The van der Waals surface area contributed by atoms with Gasteiger partial charge in [-0.3, -0.25) is 0 Å². The van der Waals surface area contributed by atoms with Gasteiger partial charge in [-0.05, 0) is 47.2 Å². The molecule has 5 heteroatoms. The SMILES string of the molecule is N#Cc1c(-c2ccc3ccccc3c2)nc(-c2ccccc2)nc1-c1cccc2c3cc4oc5ccccc5c4cc3n(-c3ccccc3)c12. The summed E-state index contributed by atoms with van der Waals surface area (Å²) in [6.45, 7) is 0. The Balaban J connectivity index is 1.34. The van der Waals surface area contributed by atoms with Gasteiger partial charge >= 0.3 is 0 Å². The van der Waals surface area contributed by atoms with Crippen molar-refractivity contribution in [3.8, 4) is 45.7 Å². The zero-order chi connectivity index (χ0) is 33.2. The van der Waals surface area contributed by atoms with Crippen molar-refractivity contribution in [3.05, 3.63) is 163 Å². The topological polar surface area (TPSA) is 67.6 Å². The van der Waals surface area contributed by atoms with Gasteiger partial charge in [0.25, 0.3) is 0 Å². The molecule has 0 saturated heterocycles. The number of nitrogens with zero attached hydrogens (tertiary/aromatic N) is 4. The molecule has 0 fully saturated rings. The molecule has 10 rings (SSSR count). The lowest BCUT2D eigenvalue weighted by atomic mass is 9.97. The van der Waals surface area contributed by atoms with Crippen LogP contribution in [0.2, 0.25) is 0 Å². The van der Waals surface area contributed by atoms with Gasteiger partial charge in [0.1, 0.15) is 22.8 Å². The molecule has 3 aromatic heterocycles. The van der Waals surface area contributed by atoms with Crippen molar-refractivity contribution < 1.29 is 4.42 Å². The van der Waals surface area contributed by atoms with Gasteiger partial charge in [-0.1, -0.05) is 121 Å². The van der Waals surface area contributed by atoms with Gasteiger partial charge in [-0.15, -0.1) is 0 Å². The van der Waals surface area contributed by atoms with Crippen LogP contribution in [0.25, 0.3) is 94.1 Å². The van der Waals surface area contributed by atoms with Gasteiger partial charge in [-0.2, -0.15) is 5.26 Å². The van der Waals surface area contributed by atoms with Gasteiger partial charge in [0, 0.05) is 43.9 Å². The highest BCUT2D eigenvalue weighted by Crippen LogP contribution is 2.43. The lowest BCUT2D eigenvalue weighted by molar-refractivity contribution is 0.669. The predicted octanol–water partition coefficient (Wildman–Crippen LogP) is 11.5. The molecule has 0 unspecified atom stereocenters. The lowest BCUT2D eigenvalue weighted by Gasteiger charge is -2.15. The van der Waals surface area contributed by atoms with Crippen LogP contribution >= 0.6 is 0 Å². The Morgan fingerprint density at radius 2 is 1.24 bits per heavy atom. The average molecular weight is 639 g/mol. The molecule has 0 saturated carbocycles. The summed E-state index contributed by atoms with van der Waals surface area (Å²) < 4.78 is 8.66. The van der Waals surface area contributed by atoms with E-state index >= 15 is 0 Å². The summed E-state index contributed by atoms with van der Waals surface area (Å²) in [4.78, 5) is 10.3. The van der Waals surface area contributed by atoms with Crippen molar-refractivity contribution in [2.45, 2.75) is 0 Å². The molecule has 0 N–H and O–H groups in total. The molecular formula is C45H26N4O. The minimum absolute atomic E-state index is 0.428. The number of rotatable bonds is 4. The van der Waals surface area contributed by atoms with Crippen LogP contribution in [0.1, 0.15) is 5.56 Å². The van der Waals surface area contributed by atoms with E-state index in [0.29, 0.717) is 22.8 Å². The number of hydrogen-bond acceptors (Lipinski definition) is 4. The highest BCUT2D eigenvalue weighted by molar-refractivity contribution is 6.19. The normalized spacial score (nSPS) is 11.6. The minimum atomic E-state index is 0.428. The first-order chi connectivity index (χ1) is 24.7. The Kier molecular flexibility index (Phi) is 6.17. The zero-order valence-electron chi connectivity index (χ0n) is 26.7. The Bertz CT molecular complexity index is 2990. The Hall–Kier alpha value is -7.03. The summed E-state index contributed by atoms with van der Waals surface area (Å²) in [5.41, 5.74) is 8.92. The molecule has 0 bridgehead atoms. The van der Waals surface area contributed by atoms with Crippen molar-refractivity contribution in [2.75, 3.05) is 0 Å². The third kappa shape index (κ3) is 4.26. The van der Waals surface area contributed by atoms with Crippen LogP contribution in [-0.2, 0) is 0 Å². The molecule has 3 heterocycles. The molecule has 0 aliphatic carbocycles. The van der Waals surface area contributed by atoms with Gasteiger partial charge < -0.3 is 8.98 Å². The van der Waals surface area contributed by atoms with Crippen LogP contribution < -0.4 is 0 Å². The number of para-hydroxylation sites is 3. The Morgan fingerprint density at radius 1 is 0.520 bits per heavy atom. The van der Waals surface area contributed by atoms with Crippen LogP contribution in [0.4, 0.5) is 0 Å². The van der Waals surface area contributed by atoms with Crippen molar-refractivity contribution in [1.29, 1.82) is 5.26 Å². The monoisotopic (exact) mass is 638 g/mol. The van der Waals surface area contributed by atoms with E-state index in [-0.39, 0.29) is 0 Å². The first-order valence-electron chi connectivity index (χ1n) is 16.6. The number of fused-ring (bicyclic) bond motifs is 7. The third-order valence-electron chi connectivity index (χ3n) is 9.63. The van der Waals surface area contributed by atoms with Crippen LogP contribution in [0.5, 0.6) is 0 Å². The molecule has 232 valence electrons. The van der Waals surface area contributed by atoms with Crippen LogP contribution in [0.15, 0.2) is 162 Å². The van der Waals surface area contributed by atoms with Crippen molar-refractivity contribution in [3.63, 3.8) is 0 Å². The van der Waals surface area contributed by atoms with E-state index in [4.69, 9.17) is 14.4 Å². The average Bonchev–Trinajstić information content (AvgIpc) is 3.71. The Labute approximate surface area is 286 Å². The molecule has 0 aliphatic heterocycles. The smallest absolute Gasteiger partial charge is 0.160 e. The first-order valence-corrected chi connectivity index (χ1v) is 16.6. The predicted molar refractivity (Wildman–Crippen MR) is 202 cm³/mol. The highest BCUT2D eigenvalue weighted by Gasteiger charge is 2.24. The van der Waals surface area contributed by atoms with Gasteiger partial charge in [-0.25, -0.2) is 9.97 Å². The van der Waals surface area contributed by atoms with Crippen LogP contribution in [0, 0.1) is 11.3 Å². The molecule has 7 aromatic carbocycles. The molecule has 0 radical (unpaired) electrons. The maximum absolute atomic E-state index is 10.9. The largest absolute Gasteiger partial charge is 0.456 e. The molecule has 0 aliphatic rings. The number of nitriles is 1. The van der Waals surface area contributed by atoms with Gasteiger partial charge in [0.05, 0.1) is 22.4 Å². The lowest BCUT2D eigenvalue weighted by Crippen LogP contribution is -2.03. The summed E-state index contributed by atoms with van der Waals surface area (Å²) in [7, 11) is 0. The summed E-state index contributed by atoms with van der Waals surface area (Å²) in [5.74, 6) is 0.561. The zero-order valence-corrected chi connectivity index (χ0v) is 26.7. The molecule has 10 aromatic rings. The highest BCUT2D eigenvalue weighted by atomic mass is 16.3. The second-order valence-corrected chi connectivity index (χ2v) is 12.5. The molecular weight excluding hydrogens is 613 g/mol. The number of furan rings is 1. The summed E-state index contributed by atoms with van der Waals surface area (Å²) >= 11 is 0. The second-order valence-electron chi connectivity index (χ2n) is 12.5. The third-order valence-corrected chi connectivity index (χ3v) is 9.63. The molecule has 0 spiro atoms. The van der Waals surface area contributed by atoms with Crippen molar-refractivity contribution in [1.82, 2.24) is 14.5 Å². The summed E-state index contributed by atoms with van der Waals surface area (Å²) in [5, 5.41) is 17.4. The first kappa shape index (κ1) is 28.0. The van der Waals surface area contributed by atoms with E-state index in [2.05, 4.69) is 95.6 Å². The van der Waals surface area contributed by atoms with E-state index in [1.54, 1.807) is 0 Å². The fraction of sp³-hybridized carbons (Fsp3) is 0. The second kappa shape index (κ2) is 11.0. The fourth-order valence-corrected chi connectivity index (χ4v) is 7.34. The van der Waals surface area contributed by atoms with Gasteiger partial charge in [0.15, 0.2) is 5.82 Å². The molecule has 50 heavy (non-hydrogen) atoms. The van der Waals surface area contributed by atoms with E-state index in [1.807, 2.05) is 72.8 Å². The maximum atomic E-state index is 10.9. The maximum Gasteiger partial charge on any atom is 0.160 e. The standard InChI is InChI=1S/C45H26N4O/c46-27-38-42(31-23-22-28-12-7-8-15-30(28)24-31)47-45(29-13-3-1-4-14-29)48-43(38)35-20-11-19-34-36-26-41-37(33-18-9-10-21-40(33)50-41)25-39(36)49(44(34)35)32-16-5-2-6-17-32/h1-26H. The summed E-state index contributed by atoms with van der Waals surface area (Å²) in [6, 6.07) is 56.2. The minimum Gasteiger partial charge on any atom is -0.456 e. The molecule has 0 amide bonds. The number of hydrogen-bond donors (Lipinski definition) is 0. The van der Waals surface area contributed by atoms with Gasteiger partial charge in [0.2, 0.25) is 0 Å². The molecule has 5 nitrogen and oxygen atoms in total. The van der Waals surface area contributed by atoms with E-state index in [9.17, 15) is 5.26 Å². The Morgan fingerprint density at radius 3 is 2.08 bits per heavy atom. The van der Waals surface area contributed by atoms with Crippen molar-refractivity contribution in [2.24, 2.45) is 0 Å². The number of benzene rings is 7. The van der Waals surface area contributed by atoms with E-state index < -0.39 is 0 Å². The number of aromatic nitrogens is 3. The molecule has 0 atom stereocenters. The van der Waals surface area contributed by atoms with E-state index in [0.717, 1.165) is 76.9 Å². The fourth-order valence-electron chi connectivity index (χ4n) is 7.34.